The molecular formula is C20H17F9N5O7P. The minimum atomic E-state index is -5.61. The molecule has 0 bridgehead atoms. The predicted molar refractivity (Wildman–Crippen MR) is 118 cm³/mol. The van der Waals surface area contributed by atoms with Gasteiger partial charge in [0.25, 0.3) is 0 Å². The molecule has 42 heavy (non-hydrogen) atoms. The molecule has 1 saturated heterocycles. The maximum atomic E-state index is 13.6. The fourth-order valence-electron chi connectivity index (χ4n) is 4.14. The second-order valence-electron chi connectivity index (χ2n) is 8.78. The van der Waals surface area contributed by atoms with Crippen molar-refractivity contribution in [2.24, 2.45) is 0 Å². The molecule has 2 aromatic heterocycles. The molecule has 232 valence electrons. The van der Waals surface area contributed by atoms with Crippen molar-refractivity contribution in [2.45, 2.75) is 49.6 Å². The van der Waals surface area contributed by atoms with Crippen LogP contribution in [-0.4, -0.2) is 64.4 Å². The summed E-state index contributed by atoms with van der Waals surface area (Å²) < 4.78 is 143. The molecule has 4 atom stereocenters. The van der Waals surface area contributed by atoms with Crippen LogP contribution in [0.2, 0.25) is 0 Å². The number of benzene rings is 1. The van der Waals surface area contributed by atoms with Crippen LogP contribution >= 0.6 is 7.82 Å². The molecule has 1 aromatic carbocycles. The Hall–Kier alpha value is -3.07. The van der Waals surface area contributed by atoms with Crippen molar-refractivity contribution in [1.82, 2.24) is 19.5 Å². The summed E-state index contributed by atoms with van der Waals surface area (Å²) in [5.74, 6) is -0.464. The molecule has 5 N–H and O–H groups in total. The lowest BCUT2D eigenvalue weighted by Crippen LogP contribution is -2.33. The van der Waals surface area contributed by atoms with Gasteiger partial charge < -0.3 is 30.1 Å². The third kappa shape index (κ3) is 6.61. The van der Waals surface area contributed by atoms with Crippen LogP contribution < -0.4 is 5.32 Å². The van der Waals surface area contributed by atoms with Crippen LogP contribution in [0, 0.1) is 0 Å². The molecule has 0 aliphatic carbocycles. The normalized spacial score (nSPS) is 22.2. The second kappa shape index (κ2) is 10.9. The van der Waals surface area contributed by atoms with Gasteiger partial charge in [-0.3, -0.25) is 9.09 Å². The number of phosphoric acid groups is 1. The SMILES string of the molecule is O=P(O)(O)OC[C@H]1O[C@@H](n2cnc3c(NCc4c(C(F)(F)F)cc(C(F)(F)F)cc4C(F)(F)F)ncnc32)[C@H](O)[C@@H]1O. The number of hydrogen-bond donors (Lipinski definition) is 5. The highest BCUT2D eigenvalue weighted by Crippen LogP contribution is 2.44. The number of aliphatic hydroxyl groups is 2. The summed E-state index contributed by atoms with van der Waals surface area (Å²) in [4.78, 5) is 29.1. The number of hydrogen-bond acceptors (Lipinski definition) is 9. The molecule has 0 spiro atoms. The van der Waals surface area contributed by atoms with E-state index in [9.17, 15) is 54.3 Å². The predicted octanol–water partition coefficient (Wildman–Crippen LogP) is 3.22. The Morgan fingerprint density at radius 3 is 2.05 bits per heavy atom. The first kappa shape index (κ1) is 31.9. The van der Waals surface area contributed by atoms with Crippen LogP contribution in [0.5, 0.6) is 0 Å². The van der Waals surface area contributed by atoms with Gasteiger partial charge in [0.2, 0.25) is 0 Å². The summed E-state index contributed by atoms with van der Waals surface area (Å²) in [5.41, 5.74) is -8.62. The average Bonchev–Trinajstić information content (AvgIpc) is 3.40. The Morgan fingerprint density at radius 2 is 1.52 bits per heavy atom. The number of imidazole rings is 1. The van der Waals surface area contributed by atoms with E-state index in [0.717, 1.165) is 17.2 Å². The number of alkyl halides is 9. The van der Waals surface area contributed by atoms with Crippen molar-refractivity contribution in [3.8, 4) is 0 Å². The Balaban J connectivity index is 1.68. The summed E-state index contributed by atoms with van der Waals surface area (Å²) in [6.45, 7) is -2.17. The van der Waals surface area contributed by atoms with Crippen molar-refractivity contribution < 1.29 is 73.3 Å². The number of aliphatic hydroxyl groups excluding tert-OH is 2. The van der Waals surface area contributed by atoms with Gasteiger partial charge in [-0.15, -0.1) is 0 Å². The summed E-state index contributed by atoms with van der Waals surface area (Å²) in [7, 11) is -4.98. The number of aromatic nitrogens is 4. The molecule has 0 saturated carbocycles. The molecule has 0 unspecified atom stereocenters. The third-order valence-corrected chi connectivity index (χ3v) is 6.48. The number of ether oxygens (including phenoxy) is 1. The zero-order chi connectivity index (χ0) is 31.4. The molecule has 1 fully saturated rings. The van der Waals surface area contributed by atoms with Crippen LogP contribution in [0.1, 0.15) is 28.5 Å². The van der Waals surface area contributed by atoms with E-state index in [0.29, 0.717) is 0 Å². The fraction of sp³-hybridized carbons (Fsp3) is 0.450. The van der Waals surface area contributed by atoms with Gasteiger partial charge in [0.15, 0.2) is 23.2 Å². The molecule has 1 aliphatic rings. The van der Waals surface area contributed by atoms with Gasteiger partial charge in [-0.2, -0.15) is 39.5 Å². The number of nitrogens with one attached hydrogen (secondary N) is 1. The van der Waals surface area contributed by atoms with E-state index in [2.05, 4.69) is 24.8 Å². The summed E-state index contributed by atoms with van der Waals surface area (Å²) in [6, 6.07) is -0.874. The van der Waals surface area contributed by atoms with Gasteiger partial charge in [0.1, 0.15) is 24.6 Å². The standard InChI is InChI=1S/C20H17F9N5O7P/c21-18(22,23)7-1-9(19(24,25)26)8(10(2-7)20(27,28)29)3-30-15-12-16(32-5-31-15)34(6-33-12)17-14(36)13(35)11(41-17)4-40-42(37,38)39/h1-2,5-6,11,13-14,17,35-36H,3-4H2,(H,30,31,32)(H2,37,38,39)/t11-,13-,14-,17-/m1/s1. The van der Waals surface area contributed by atoms with E-state index in [-0.39, 0.29) is 11.2 Å². The molecule has 4 rings (SSSR count). The van der Waals surface area contributed by atoms with Gasteiger partial charge in [-0.25, -0.2) is 19.5 Å². The topological polar surface area (TPSA) is 172 Å². The van der Waals surface area contributed by atoms with E-state index in [4.69, 9.17) is 14.5 Å². The smallest absolute Gasteiger partial charge is 0.387 e. The number of rotatable bonds is 7. The van der Waals surface area contributed by atoms with Gasteiger partial charge in [0.05, 0.1) is 29.6 Å². The van der Waals surface area contributed by atoms with Crippen LogP contribution in [0.15, 0.2) is 24.8 Å². The van der Waals surface area contributed by atoms with Crippen molar-refractivity contribution in [1.29, 1.82) is 0 Å². The van der Waals surface area contributed by atoms with Crippen molar-refractivity contribution in [3.63, 3.8) is 0 Å². The quantitative estimate of drug-likeness (QED) is 0.190. The molecule has 0 radical (unpaired) electrons. The van der Waals surface area contributed by atoms with E-state index >= 15 is 0 Å². The van der Waals surface area contributed by atoms with Gasteiger partial charge >= 0.3 is 26.4 Å². The lowest BCUT2D eigenvalue weighted by Gasteiger charge is -2.22. The fourth-order valence-corrected chi connectivity index (χ4v) is 4.48. The van der Waals surface area contributed by atoms with E-state index in [1.165, 1.54) is 0 Å². The highest BCUT2D eigenvalue weighted by Gasteiger charge is 2.46. The zero-order valence-electron chi connectivity index (χ0n) is 20.2. The Kier molecular flexibility index (Phi) is 8.26. The first-order valence-electron chi connectivity index (χ1n) is 11.2. The van der Waals surface area contributed by atoms with Crippen molar-refractivity contribution in [2.75, 3.05) is 11.9 Å². The van der Waals surface area contributed by atoms with E-state index in [1.807, 2.05) is 0 Å². The monoisotopic (exact) mass is 641 g/mol. The largest absolute Gasteiger partial charge is 0.469 e. The molecule has 12 nitrogen and oxygen atoms in total. The first-order valence-corrected chi connectivity index (χ1v) is 12.7. The Labute approximate surface area is 227 Å². The lowest BCUT2D eigenvalue weighted by molar-refractivity contribution is -0.149. The third-order valence-electron chi connectivity index (χ3n) is 6.00. The van der Waals surface area contributed by atoms with Gasteiger partial charge in [0, 0.05) is 6.54 Å². The molecule has 3 aromatic rings. The zero-order valence-corrected chi connectivity index (χ0v) is 21.1. The highest BCUT2D eigenvalue weighted by atomic mass is 31.2. The van der Waals surface area contributed by atoms with Crippen molar-refractivity contribution in [3.05, 3.63) is 47.0 Å². The average molecular weight is 641 g/mol. The molecular weight excluding hydrogens is 624 g/mol. The molecule has 3 heterocycles. The molecule has 22 heteroatoms. The van der Waals surface area contributed by atoms with Crippen LogP contribution in [0.4, 0.5) is 45.3 Å². The lowest BCUT2D eigenvalue weighted by atomic mass is 9.96. The number of nitrogens with zero attached hydrogens (tertiary/aromatic N) is 4. The highest BCUT2D eigenvalue weighted by molar-refractivity contribution is 7.46. The molecule has 1 aliphatic heterocycles. The number of halogens is 9. The first-order chi connectivity index (χ1) is 19.2. The number of anilines is 1. The number of fused-ring (bicyclic) bond motifs is 1. The summed E-state index contributed by atoms with van der Waals surface area (Å²) >= 11 is 0. The van der Waals surface area contributed by atoms with E-state index < -0.39 is 104 Å². The van der Waals surface area contributed by atoms with Gasteiger partial charge in [-0.05, 0) is 17.7 Å². The minimum Gasteiger partial charge on any atom is -0.387 e. The maximum absolute atomic E-state index is 13.6. The van der Waals surface area contributed by atoms with Gasteiger partial charge in [-0.1, -0.05) is 0 Å². The van der Waals surface area contributed by atoms with Crippen LogP contribution in [0.3, 0.4) is 0 Å². The minimum absolute atomic E-state index is 0.236. The summed E-state index contributed by atoms with van der Waals surface area (Å²) in [6.07, 6.45) is -21.5. The van der Waals surface area contributed by atoms with E-state index in [1.54, 1.807) is 0 Å². The summed E-state index contributed by atoms with van der Waals surface area (Å²) in [5, 5.41) is 22.7. The maximum Gasteiger partial charge on any atom is 0.469 e. The molecule has 0 amide bonds. The second-order valence-corrected chi connectivity index (χ2v) is 10.0. The Bertz CT molecular complexity index is 1470. The number of phosphoric ester groups is 1. The van der Waals surface area contributed by atoms with Crippen LogP contribution in [-0.2, 0) is 38.9 Å². The Morgan fingerprint density at radius 1 is 0.929 bits per heavy atom. The van der Waals surface area contributed by atoms with Crippen molar-refractivity contribution >= 4 is 24.8 Å². The van der Waals surface area contributed by atoms with Crippen LogP contribution in [0.25, 0.3) is 11.2 Å².